The molecule has 0 radical (unpaired) electrons. The molecule has 0 aliphatic heterocycles. The van der Waals surface area contributed by atoms with Gasteiger partial charge in [0.1, 0.15) is 6.54 Å². The molecule has 0 aromatic carbocycles. The maximum Gasteiger partial charge on any atom is 0.323 e. The van der Waals surface area contributed by atoms with E-state index in [9.17, 15) is 9.59 Å². The van der Waals surface area contributed by atoms with Gasteiger partial charge in [-0.25, -0.2) is 4.79 Å². The molecule has 0 saturated heterocycles. The second-order valence-electron chi connectivity index (χ2n) is 4.75. The number of rotatable bonds is 7. The molecule has 0 spiro atoms. The Balaban J connectivity index is 2.78. The number of amides is 2. The van der Waals surface area contributed by atoms with Crippen LogP contribution in [0.1, 0.15) is 24.8 Å². The van der Waals surface area contributed by atoms with Crippen LogP contribution in [-0.2, 0) is 4.79 Å². The summed E-state index contributed by atoms with van der Waals surface area (Å²) in [7, 11) is 0. The monoisotopic (exact) mass is 296 g/mol. The lowest BCUT2D eigenvalue weighted by Crippen LogP contribution is -2.45. The van der Waals surface area contributed by atoms with Gasteiger partial charge in [0.15, 0.2) is 0 Å². The van der Waals surface area contributed by atoms with Crippen molar-refractivity contribution in [2.45, 2.75) is 19.9 Å². The average Bonchev–Trinajstić information content (AvgIpc) is 2.87. The molecule has 0 saturated carbocycles. The van der Waals surface area contributed by atoms with E-state index in [1.54, 1.807) is 11.3 Å². The second kappa shape index (κ2) is 7.69. The van der Waals surface area contributed by atoms with E-state index in [2.05, 4.69) is 11.9 Å². The smallest absolute Gasteiger partial charge is 0.323 e. The molecule has 0 bridgehead atoms. The molecule has 5 nitrogen and oxygen atoms in total. The maximum atomic E-state index is 12.2. The Kier molecular flexibility index (Phi) is 6.24. The molecule has 1 aromatic rings. The first-order chi connectivity index (χ1) is 9.45. The minimum atomic E-state index is -1.04. The average molecular weight is 296 g/mol. The third kappa shape index (κ3) is 4.70. The molecule has 0 fully saturated rings. The zero-order valence-corrected chi connectivity index (χ0v) is 12.5. The van der Waals surface area contributed by atoms with Crippen molar-refractivity contribution in [1.29, 1.82) is 0 Å². The number of hydrogen-bond acceptors (Lipinski definition) is 3. The van der Waals surface area contributed by atoms with Crippen LogP contribution in [-0.4, -0.2) is 35.1 Å². The Morgan fingerprint density at radius 1 is 1.55 bits per heavy atom. The summed E-state index contributed by atoms with van der Waals surface area (Å²) in [4.78, 5) is 25.2. The van der Waals surface area contributed by atoms with Gasteiger partial charge in [-0.05, 0) is 17.4 Å². The van der Waals surface area contributed by atoms with Gasteiger partial charge in [-0.1, -0.05) is 26.0 Å². The molecule has 6 heteroatoms. The summed E-state index contributed by atoms with van der Waals surface area (Å²) < 4.78 is 0. The van der Waals surface area contributed by atoms with Crippen molar-refractivity contribution >= 4 is 23.3 Å². The van der Waals surface area contributed by atoms with Crippen molar-refractivity contribution in [3.8, 4) is 0 Å². The summed E-state index contributed by atoms with van der Waals surface area (Å²) >= 11 is 1.57. The summed E-state index contributed by atoms with van der Waals surface area (Å²) in [5.74, 6) is -0.827. The van der Waals surface area contributed by atoms with Gasteiger partial charge in [-0.15, -0.1) is 17.9 Å². The predicted octanol–water partition coefficient (Wildman–Crippen LogP) is 2.73. The molecule has 20 heavy (non-hydrogen) atoms. The van der Waals surface area contributed by atoms with Crippen LogP contribution < -0.4 is 5.32 Å². The van der Waals surface area contributed by atoms with Crippen molar-refractivity contribution in [3.63, 3.8) is 0 Å². The Labute approximate surface area is 122 Å². The van der Waals surface area contributed by atoms with Crippen LogP contribution in [0.5, 0.6) is 0 Å². The molecule has 1 atom stereocenters. The van der Waals surface area contributed by atoms with E-state index in [1.165, 1.54) is 11.0 Å². The summed E-state index contributed by atoms with van der Waals surface area (Å²) in [5.41, 5.74) is 0. The molecule has 1 unspecified atom stereocenters. The Bertz CT molecular complexity index is 457. The lowest BCUT2D eigenvalue weighted by Gasteiger charge is -2.26. The van der Waals surface area contributed by atoms with Gasteiger partial charge in [-0.2, -0.15) is 0 Å². The largest absolute Gasteiger partial charge is 0.480 e. The first-order valence-corrected chi connectivity index (χ1v) is 7.25. The molecule has 1 heterocycles. The van der Waals surface area contributed by atoms with Crippen LogP contribution >= 0.6 is 11.3 Å². The van der Waals surface area contributed by atoms with Crippen molar-refractivity contribution in [3.05, 3.63) is 35.0 Å². The van der Waals surface area contributed by atoms with Crippen molar-refractivity contribution in [1.82, 2.24) is 10.2 Å². The van der Waals surface area contributed by atoms with E-state index < -0.39 is 5.97 Å². The molecule has 2 N–H and O–H groups in total. The van der Waals surface area contributed by atoms with Crippen LogP contribution in [0.2, 0.25) is 0 Å². The second-order valence-corrected chi connectivity index (χ2v) is 5.73. The van der Waals surface area contributed by atoms with Gasteiger partial charge >= 0.3 is 12.0 Å². The Morgan fingerprint density at radius 3 is 2.70 bits per heavy atom. The molecule has 0 aliphatic rings. The number of nitrogens with zero attached hydrogens (tertiary/aromatic N) is 1. The highest BCUT2D eigenvalue weighted by molar-refractivity contribution is 7.10. The molecular formula is C14H20N2O3S. The summed E-state index contributed by atoms with van der Waals surface area (Å²) in [6.07, 6.45) is 1.51. The molecule has 1 aromatic heterocycles. The lowest BCUT2D eigenvalue weighted by atomic mass is 10.0. The highest BCUT2D eigenvalue weighted by atomic mass is 32.1. The Hall–Kier alpha value is -1.82. The third-order valence-electron chi connectivity index (χ3n) is 2.76. The Morgan fingerprint density at radius 2 is 2.25 bits per heavy atom. The normalized spacial score (nSPS) is 11.9. The topological polar surface area (TPSA) is 69.6 Å². The van der Waals surface area contributed by atoms with Crippen LogP contribution in [0.15, 0.2) is 30.2 Å². The third-order valence-corrected chi connectivity index (χ3v) is 3.71. The van der Waals surface area contributed by atoms with E-state index in [1.807, 2.05) is 31.4 Å². The van der Waals surface area contributed by atoms with Gasteiger partial charge < -0.3 is 15.3 Å². The number of thiophene rings is 1. The highest BCUT2D eigenvalue weighted by Gasteiger charge is 2.23. The van der Waals surface area contributed by atoms with Crippen LogP contribution in [0.3, 0.4) is 0 Å². The quantitative estimate of drug-likeness (QED) is 0.760. The number of aliphatic carboxylic acids is 1. The number of urea groups is 1. The highest BCUT2D eigenvalue weighted by Crippen LogP contribution is 2.25. The zero-order valence-electron chi connectivity index (χ0n) is 11.7. The fourth-order valence-corrected chi connectivity index (χ4v) is 2.75. The fourth-order valence-electron chi connectivity index (χ4n) is 1.80. The van der Waals surface area contributed by atoms with Crippen LogP contribution in [0.4, 0.5) is 4.79 Å². The number of nitrogens with one attached hydrogen (secondary N) is 1. The van der Waals surface area contributed by atoms with Gasteiger partial charge in [-0.3, -0.25) is 4.79 Å². The van der Waals surface area contributed by atoms with Crippen LogP contribution in [0.25, 0.3) is 0 Å². The van der Waals surface area contributed by atoms with Crippen molar-refractivity contribution < 1.29 is 14.7 Å². The summed E-state index contributed by atoms with van der Waals surface area (Å²) in [6.45, 7) is 7.43. The standard InChI is InChI=1S/C14H20N2O3S/c1-4-7-16(9-12(17)18)14(19)15-13(10(2)3)11-6-5-8-20-11/h4-6,8,10,13H,1,7,9H2,2-3H3,(H,15,19)(H,17,18). The summed E-state index contributed by atoms with van der Waals surface area (Å²) in [6, 6.07) is 3.38. The summed E-state index contributed by atoms with van der Waals surface area (Å²) in [5, 5.41) is 13.7. The van der Waals surface area contributed by atoms with E-state index >= 15 is 0 Å². The van der Waals surface area contributed by atoms with Gasteiger partial charge in [0.05, 0.1) is 6.04 Å². The zero-order chi connectivity index (χ0) is 15.1. The van der Waals surface area contributed by atoms with E-state index in [4.69, 9.17) is 5.11 Å². The fraction of sp³-hybridized carbons (Fsp3) is 0.429. The number of carboxylic acids is 1. The van der Waals surface area contributed by atoms with E-state index in [0.717, 1.165) is 4.88 Å². The molecular weight excluding hydrogens is 276 g/mol. The number of carbonyl (C=O) groups is 2. The molecule has 0 aliphatic carbocycles. The van der Waals surface area contributed by atoms with Gasteiger partial charge in [0.2, 0.25) is 0 Å². The number of carbonyl (C=O) groups excluding carboxylic acids is 1. The molecule has 110 valence electrons. The first kappa shape index (κ1) is 16.2. The minimum absolute atomic E-state index is 0.122. The number of hydrogen-bond donors (Lipinski definition) is 2. The minimum Gasteiger partial charge on any atom is -0.480 e. The van der Waals surface area contributed by atoms with Gasteiger partial charge in [0, 0.05) is 11.4 Å². The van der Waals surface area contributed by atoms with E-state index in [-0.39, 0.29) is 31.1 Å². The number of carboxylic acid groups (broad SMARTS) is 1. The van der Waals surface area contributed by atoms with E-state index in [0.29, 0.717) is 0 Å². The maximum absolute atomic E-state index is 12.2. The van der Waals surface area contributed by atoms with Gasteiger partial charge in [0.25, 0.3) is 0 Å². The van der Waals surface area contributed by atoms with Crippen molar-refractivity contribution in [2.24, 2.45) is 5.92 Å². The molecule has 1 rings (SSSR count). The first-order valence-electron chi connectivity index (χ1n) is 6.37. The van der Waals surface area contributed by atoms with Crippen molar-refractivity contribution in [2.75, 3.05) is 13.1 Å². The molecule has 2 amide bonds. The SMILES string of the molecule is C=CCN(CC(=O)O)C(=O)NC(c1cccs1)C(C)C. The predicted molar refractivity (Wildman–Crippen MR) is 79.8 cm³/mol. The van der Waals surface area contributed by atoms with Crippen LogP contribution in [0, 0.1) is 5.92 Å². The lowest BCUT2D eigenvalue weighted by molar-refractivity contribution is -0.137.